The van der Waals surface area contributed by atoms with E-state index in [-0.39, 0.29) is 29.9 Å². The van der Waals surface area contributed by atoms with Crippen molar-refractivity contribution in [2.75, 3.05) is 27.8 Å². The van der Waals surface area contributed by atoms with Gasteiger partial charge in [-0.1, -0.05) is 6.07 Å². The summed E-state index contributed by atoms with van der Waals surface area (Å²) < 4.78 is 10.3. The first kappa shape index (κ1) is 19.2. The van der Waals surface area contributed by atoms with Crippen LogP contribution in [0.4, 0.5) is 0 Å². The second-order valence-corrected chi connectivity index (χ2v) is 6.18. The molecule has 1 unspecified atom stereocenters. The van der Waals surface area contributed by atoms with Gasteiger partial charge in [0.15, 0.2) is 23.0 Å². The number of halogens is 1. The monoisotopic (exact) mass is 365 g/mol. The Bertz CT molecular complexity index is 750. The van der Waals surface area contributed by atoms with E-state index in [0.29, 0.717) is 11.5 Å². The van der Waals surface area contributed by atoms with Gasteiger partial charge < -0.3 is 19.7 Å². The molecule has 0 amide bonds. The molecule has 0 saturated carbocycles. The highest BCUT2D eigenvalue weighted by atomic mass is 35.5. The first-order valence-electron chi connectivity index (χ1n) is 7.99. The molecule has 2 N–H and O–H groups in total. The van der Waals surface area contributed by atoms with Crippen LogP contribution < -0.4 is 9.47 Å². The Hall–Kier alpha value is -2.11. The van der Waals surface area contributed by atoms with Gasteiger partial charge in [-0.3, -0.25) is 4.90 Å². The second-order valence-electron chi connectivity index (χ2n) is 6.18. The molecule has 1 atom stereocenters. The molecule has 0 aromatic heterocycles. The first-order chi connectivity index (χ1) is 11.5. The summed E-state index contributed by atoms with van der Waals surface area (Å²) in [7, 11) is 5.18. The topological polar surface area (TPSA) is 62.2 Å². The van der Waals surface area contributed by atoms with Gasteiger partial charge in [-0.2, -0.15) is 0 Å². The van der Waals surface area contributed by atoms with Gasteiger partial charge in [0.25, 0.3) is 0 Å². The summed E-state index contributed by atoms with van der Waals surface area (Å²) in [6.07, 6.45) is 1.67. The normalized spacial score (nSPS) is 16.7. The molecule has 2 aromatic rings. The lowest BCUT2D eigenvalue weighted by Gasteiger charge is -2.35. The van der Waals surface area contributed by atoms with Gasteiger partial charge in [0.1, 0.15) is 0 Å². The van der Waals surface area contributed by atoms with Gasteiger partial charge in [-0.25, -0.2) is 0 Å². The molecule has 0 saturated heterocycles. The fourth-order valence-electron chi connectivity index (χ4n) is 3.36. The van der Waals surface area contributed by atoms with Crippen molar-refractivity contribution in [2.24, 2.45) is 0 Å². The second kappa shape index (κ2) is 7.85. The van der Waals surface area contributed by atoms with Crippen LogP contribution in [0, 0.1) is 0 Å². The Labute approximate surface area is 154 Å². The van der Waals surface area contributed by atoms with E-state index in [2.05, 4.69) is 11.9 Å². The maximum atomic E-state index is 10.1. The number of methoxy groups -OCH3 is 2. The third-order valence-corrected chi connectivity index (χ3v) is 4.74. The molecule has 1 aliphatic heterocycles. The van der Waals surface area contributed by atoms with Crippen LogP contribution in [0.3, 0.4) is 0 Å². The van der Waals surface area contributed by atoms with Crippen molar-refractivity contribution in [1.82, 2.24) is 4.90 Å². The van der Waals surface area contributed by atoms with Crippen LogP contribution in [0.15, 0.2) is 30.3 Å². The molecule has 136 valence electrons. The fourth-order valence-corrected chi connectivity index (χ4v) is 3.36. The SMILES string of the molecule is COc1ccc(CC2c3cc(O)c(OC)cc3CCN2C)cc1O.Cl. The smallest absolute Gasteiger partial charge is 0.160 e. The van der Waals surface area contributed by atoms with Crippen molar-refractivity contribution in [3.63, 3.8) is 0 Å². The quantitative estimate of drug-likeness (QED) is 0.870. The molecular formula is C19H24ClNO4. The molecule has 0 spiro atoms. The highest BCUT2D eigenvalue weighted by molar-refractivity contribution is 5.85. The lowest BCUT2D eigenvalue weighted by Crippen LogP contribution is -2.33. The Kier molecular flexibility index (Phi) is 6.03. The molecule has 1 heterocycles. The van der Waals surface area contributed by atoms with Crippen LogP contribution >= 0.6 is 12.4 Å². The molecule has 0 aliphatic carbocycles. The summed E-state index contributed by atoms with van der Waals surface area (Å²) in [6.45, 7) is 0.938. The Morgan fingerprint density at radius 2 is 1.72 bits per heavy atom. The third kappa shape index (κ3) is 3.78. The Morgan fingerprint density at radius 3 is 2.36 bits per heavy atom. The van der Waals surface area contributed by atoms with Gasteiger partial charge in [0.05, 0.1) is 14.2 Å². The van der Waals surface area contributed by atoms with Crippen LogP contribution in [0.5, 0.6) is 23.0 Å². The lowest BCUT2D eigenvalue weighted by molar-refractivity contribution is 0.228. The van der Waals surface area contributed by atoms with Gasteiger partial charge in [0, 0.05) is 12.6 Å². The number of likely N-dealkylation sites (N-methyl/N-ethyl adjacent to an activating group) is 1. The molecule has 6 heteroatoms. The fraction of sp³-hybridized carbons (Fsp3) is 0.368. The number of hydrogen-bond acceptors (Lipinski definition) is 5. The average molecular weight is 366 g/mol. The molecule has 0 fully saturated rings. The highest BCUT2D eigenvalue weighted by Crippen LogP contribution is 2.39. The minimum atomic E-state index is 0. The summed E-state index contributed by atoms with van der Waals surface area (Å²) in [5, 5.41) is 20.1. The average Bonchev–Trinajstić information content (AvgIpc) is 2.57. The molecule has 2 aromatic carbocycles. The van der Waals surface area contributed by atoms with E-state index in [1.807, 2.05) is 12.1 Å². The largest absolute Gasteiger partial charge is 0.504 e. The number of phenols is 2. The number of nitrogens with zero attached hydrogens (tertiary/aromatic N) is 1. The molecule has 1 aliphatic rings. The van der Waals surface area contributed by atoms with E-state index < -0.39 is 0 Å². The zero-order valence-electron chi connectivity index (χ0n) is 14.7. The van der Waals surface area contributed by atoms with Crippen molar-refractivity contribution in [3.8, 4) is 23.0 Å². The van der Waals surface area contributed by atoms with E-state index >= 15 is 0 Å². The first-order valence-corrected chi connectivity index (χ1v) is 7.99. The molecular weight excluding hydrogens is 342 g/mol. The van der Waals surface area contributed by atoms with E-state index in [4.69, 9.17) is 9.47 Å². The highest BCUT2D eigenvalue weighted by Gasteiger charge is 2.27. The van der Waals surface area contributed by atoms with Gasteiger partial charge >= 0.3 is 0 Å². The zero-order valence-corrected chi connectivity index (χ0v) is 15.5. The summed E-state index contributed by atoms with van der Waals surface area (Å²) >= 11 is 0. The third-order valence-electron chi connectivity index (χ3n) is 4.74. The predicted molar refractivity (Wildman–Crippen MR) is 99.3 cm³/mol. The molecule has 3 rings (SSSR count). The van der Waals surface area contributed by atoms with Crippen LogP contribution in [-0.2, 0) is 12.8 Å². The Balaban J connectivity index is 0.00000225. The van der Waals surface area contributed by atoms with Crippen LogP contribution in [0.2, 0.25) is 0 Å². The Morgan fingerprint density at radius 1 is 1.04 bits per heavy atom. The zero-order chi connectivity index (χ0) is 17.3. The van der Waals surface area contributed by atoms with Gasteiger partial charge in [-0.05, 0) is 60.8 Å². The van der Waals surface area contributed by atoms with Gasteiger partial charge in [-0.15, -0.1) is 12.4 Å². The van der Waals surface area contributed by atoms with Crippen molar-refractivity contribution in [3.05, 3.63) is 47.0 Å². The molecule has 0 bridgehead atoms. The van der Waals surface area contributed by atoms with E-state index in [9.17, 15) is 10.2 Å². The van der Waals surface area contributed by atoms with Crippen molar-refractivity contribution < 1.29 is 19.7 Å². The number of phenolic OH excluding ortho intramolecular Hbond substituents is 2. The minimum Gasteiger partial charge on any atom is -0.504 e. The lowest BCUT2D eigenvalue weighted by atomic mass is 9.88. The van der Waals surface area contributed by atoms with Crippen molar-refractivity contribution >= 4 is 12.4 Å². The standard InChI is InChI=1S/C19H23NO4.ClH/c1-20-7-6-13-10-19(24-3)17(22)11-14(13)15(20)8-12-4-5-18(23-2)16(21)9-12;/h4-5,9-11,15,21-22H,6-8H2,1-3H3;1H. The van der Waals surface area contributed by atoms with Crippen LogP contribution in [0.1, 0.15) is 22.7 Å². The van der Waals surface area contributed by atoms with E-state index in [0.717, 1.165) is 30.5 Å². The van der Waals surface area contributed by atoms with Crippen LogP contribution in [0.25, 0.3) is 0 Å². The van der Waals surface area contributed by atoms with E-state index in [1.54, 1.807) is 25.3 Å². The number of rotatable bonds is 4. The summed E-state index contributed by atoms with van der Waals surface area (Å²) in [6, 6.07) is 9.35. The maximum Gasteiger partial charge on any atom is 0.160 e. The maximum absolute atomic E-state index is 10.1. The molecule has 25 heavy (non-hydrogen) atoms. The molecule has 5 nitrogen and oxygen atoms in total. The number of ether oxygens (including phenoxy) is 2. The number of hydrogen-bond donors (Lipinski definition) is 2. The number of fused-ring (bicyclic) bond motifs is 1. The van der Waals surface area contributed by atoms with Crippen LogP contribution in [-0.4, -0.2) is 42.9 Å². The van der Waals surface area contributed by atoms with E-state index in [1.165, 1.54) is 12.7 Å². The number of aromatic hydroxyl groups is 2. The van der Waals surface area contributed by atoms with Gasteiger partial charge in [0.2, 0.25) is 0 Å². The molecule has 0 radical (unpaired) electrons. The predicted octanol–water partition coefficient (Wildman–Crippen LogP) is 3.31. The minimum absolute atomic E-state index is 0. The van der Waals surface area contributed by atoms with Crippen molar-refractivity contribution in [2.45, 2.75) is 18.9 Å². The van der Waals surface area contributed by atoms with Crippen molar-refractivity contribution in [1.29, 1.82) is 0 Å². The summed E-state index contributed by atoms with van der Waals surface area (Å²) in [4.78, 5) is 2.27. The summed E-state index contributed by atoms with van der Waals surface area (Å²) in [5.74, 6) is 1.29. The number of benzene rings is 2. The summed E-state index contributed by atoms with van der Waals surface area (Å²) in [5.41, 5.74) is 3.33.